The first-order chi connectivity index (χ1) is 33.5. The molecule has 0 bridgehead atoms. The molecule has 320 valence electrons. The number of fused-ring (bicyclic) bond motifs is 13. The van der Waals surface area contributed by atoms with Crippen molar-refractivity contribution in [3.8, 4) is 44.5 Å². The molecule has 0 amide bonds. The predicted molar refractivity (Wildman–Crippen MR) is 285 cm³/mol. The van der Waals surface area contributed by atoms with Gasteiger partial charge in [-0.3, -0.25) is 0 Å². The molecule has 13 aromatic rings. The molecule has 0 spiro atoms. The lowest BCUT2D eigenvalue weighted by molar-refractivity contribution is 0.662. The van der Waals surface area contributed by atoms with Crippen molar-refractivity contribution < 1.29 is 8.83 Å². The van der Waals surface area contributed by atoms with Gasteiger partial charge in [-0.2, -0.15) is 0 Å². The quantitative estimate of drug-likeness (QED) is 0.167. The second-order valence-electron chi connectivity index (χ2n) is 18.8. The summed E-state index contributed by atoms with van der Waals surface area (Å²) in [6.45, 7) is 4.72. The summed E-state index contributed by atoms with van der Waals surface area (Å²) >= 11 is 0. The fourth-order valence-electron chi connectivity index (χ4n) is 11.5. The lowest BCUT2D eigenvalue weighted by Crippen LogP contribution is -2.16. The molecule has 11 aromatic carbocycles. The SMILES string of the molecule is CC1(C)c2ccccc2-c2cccc(-c3ccc(N(c4ccc(-c5cccc6oc7c8ccccc8ccc7c56)cc4)c4cccc(-c5cccc6oc7c8ccccc8ccc7c56)c4)cc3)c21. The Bertz CT molecular complexity index is 4170. The van der Waals surface area contributed by atoms with Gasteiger partial charge in [-0.1, -0.05) is 178 Å². The van der Waals surface area contributed by atoms with E-state index in [1.165, 1.54) is 44.2 Å². The first-order valence-corrected chi connectivity index (χ1v) is 23.5. The minimum absolute atomic E-state index is 0.119. The van der Waals surface area contributed by atoms with Crippen LogP contribution >= 0.6 is 0 Å². The highest BCUT2D eigenvalue weighted by molar-refractivity contribution is 6.20. The third-order valence-electron chi connectivity index (χ3n) is 14.6. The maximum absolute atomic E-state index is 6.65. The van der Waals surface area contributed by atoms with Crippen LogP contribution in [-0.2, 0) is 5.41 Å². The van der Waals surface area contributed by atoms with E-state index in [0.717, 1.165) is 94.0 Å². The zero-order valence-electron chi connectivity index (χ0n) is 37.6. The summed E-state index contributed by atoms with van der Waals surface area (Å²) in [6, 6.07) is 81.3. The monoisotopic (exact) mass is 869 g/mol. The van der Waals surface area contributed by atoms with Gasteiger partial charge in [0.15, 0.2) is 0 Å². The van der Waals surface area contributed by atoms with Crippen LogP contribution in [0.5, 0.6) is 0 Å². The Morgan fingerprint density at radius 1 is 0.338 bits per heavy atom. The lowest BCUT2D eigenvalue weighted by Gasteiger charge is -2.27. The minimum atomic E-state index is -0.119. The molecule has 3 nitrogen and oxygen atoms in total. The first-order valence-electron chi connectivity index (χ1n) is 23.5. The molecule has 0 N–H and O–H groups in total. The molecule has 0 aliphatic heterocycles. The number of rotatable bonds is 6. The Labute approximate surface area is 393 Å². The summed E-state index contributed by atoms with van der Waals surface area (Å²) in [4.78, 5) is 2.38. The van der Waals surface area contributed by atoms with E-state index in [1.54, 1.807) is 0 Å². The van der Waals surface area contributed by atoms with Crippen LogP contribution in [-0.4, -0.2) is 0 Å². The summed E-state index contributed by atoms with van der Waals surface area (Å²) in [5.74, 6) is 0. The van der Waals surface area contributed by atoms with Gasteiger partial charge in [0.25, 0.3) is 0 Å². The maximum atomic E-state index is 6.65. The van der Waals surface area contributed by atoms with Crippen LogP contribution < -0.4 is 4.90 Å². The van der Waals surface area contributed by atoms with E-state index in [2.05, 4.69) is 243 Å². The van der Waals surface area contributed by atoms with Gasteiger partial charge >= 0.3 is 0 Å². The summed E-state index contributed by atoms with van der Waals surface area (Å²) in [6.07, 6.45) is 0. The van der Waals surface area contributed by atoms with Crippen molar-refractivity contribution in [2.45, 2.75) is 19.3 Å². The number of anilines is 3. The molecule has 0 radical (unpaired) electrons. The van der Waals surface area contributed by atoms with Gasteiger partial charge in [0.05, 0.1) is 0 Å². The van der Waals surface area contributed by atoms with E-state index in [1.807, 2.05) is 0 Å². The highest BCUT2D eigenvalue weighted by Gasteiger charge is 2.37. The molecule has 0 saturated heterocycles. The van der Waals surface area contributed by atoms with Gasteiger partial charge in [-0.25, -0.2) is 0 Å². The van der Waals surface area contributed by atoms with Crippen LogP contribution in [0.15, 0.2) is 233 Å². The largest absolute Gasteiger partial charge is 0.455 e. The molecule has 0 saturated carbocycles. The normalized spacial score (nSPS) is 13.0. The number of hydrogen-bond donors (Lipinski definition) is 0. The third kappa shape index (κ3) is 5.72. The molecule has 0 unspecified atom stereocenters. The molecular formula is C65H43NO2. The fourth-order valence-corrected chi connectivity index (χ4v) is 11.5. The molecule has 2 heterocycles. The van der Waals surface area contributed by atoms with E-state index in [-0.39, 0.29) is 5.41 Å². The Hall–Kier alpha value is -8.66. The van der Waals surface area contributed by atoms with Crippen LogP contribution in [0.4, 0.5) is 17.1 Å². The molecule has 68 heavy (non-hydrogen) atoms. The van der Waals surface area contributed by atoms with Crippen molar-refractivity contribution in [1.29, 1.82) is 0 Å². The molecule has 2 aromatic heterocycles. The Kier molecular flexibility index (Phi) is 8.33. The van der Waals surface area contributed by atoms with Crippen molar-refractivity contribution in [3.05, 3.63) is 236 Å². The van der Waals surface area contributed by atoms with Crippen LogP contribution in [0.3, 0.4) is 0 Å². The van der Waals surface area contributed by atoms with E-state index in [9.17, 15) is 0 Å². The minimum Gasteiger partial charge on any atom is -0.455 e. The lowest BCUT2D eigenvalue weighted by atomic mass is 9.79. The van der Waals surface area contributed by atoms with Crippen LogP contribution in [0.25, 0.3) is 110 Å². The standard InChI is InChI=1S/C65H43NO2/c1-65(2)57-24-8-7-19-53(57)54-23-10-22-50(62(54)65)43-29-35-46(36-30-43)66(45-33-27-42(28-34-45)48-20-11-25-58-60(48)55-37-31-40-13-3-5-17-51(40)63(55)67-58)47-16-9-15-44(39-47)49-21-12-26-59-61(49)56-38-32-41-14-4-6-18-52(41)64(56)68-59/h3-39H,1-2H3. The van der Waals surface area contributed by atoms with Crippen molar-refractivity contribution in [1.82, 2.24) is 0 Å². The fraction of sp³-hybridized carbons (Fsp3) is 0.0462. The van der Waals surface area contributed by atoms with Crippen molar-refractivity contribution in [3.63, 3.8) is 0 Å². The first kappa shape index (κ1) is 38.6. The maximum Gasteiger partial charge on any atom is 0.143 e. The highest BCUT2D eigenvalue weighted by Crippen LogP contribution is 2.52. The molecule has 1 aliphatic carbocycles. The number of furan rings is 2. The van der Waals surface area contributed by atoms with Gasteiger partial charge < -0.3 is 13.7 Å². The van der Waals surface area contributed by atoms with Crippen LogP contribution in [0.1, 0.15) is 25.0 Å². The van der Waals surface area contributed by atoms with Gasteiger partial charge in [-0.15, -0.1) is 0 Å². The molecule has 14 rings (SSSR count). The van der Waals surface area contributed by atoms with Gasteiger partial charge in [-0.05, 0) is 127 Å². The van der Waals surface area contributed by atoms with Gasteiger partial charge in [0.2, 0.25) is 0 Å². The summed E-state index contributed by atoms with van der Waals surface area (Å²) < 4.78 is 13.2. The zero-order valence-corrected chi connectivity index (χ0v) is 37.6. The van der Waals surface area contributed by atoms with Crippen LogP contribution in [0, 0.1) is 0 Å². The van der Waals surface area contributed by atoms with Crippen molar-refractivity contribution in [2.24, 2.45) is 0 Å². The van der Waals surface area contributed by atoms with E-state index in [4.69, 9.17) is 8.83 Å². The number of benzene rings is 11. The van der Waals surface area contributed by atoms with Gasteiger partial charge in [0.1, 0.15) is 22.3 Å². The average Bonchev–Trinajstić information content (AvgIpc) is 4.05. The highest BCUT2D eigenvalue weighted by atomic mass is 16.3. The molecule has 3 heteroatoms. The predicted octanol–water partition coefficient (Wildman–Crippen LogP) is 18.6. The van der Waals surface area contributed by atoms with E-state index in [0.29, 0.717) is 0 Å². The topological polar surface area (TPSA) is 29.5 Å². The number of nitrogens with zero attached hydrogens (tertiary/aromatic N) is 1. The molecule has 1 aliphatic rings. The second kappa shape index (κ2) is 14.7. The van der Waals surface area contributed by atoms with Crippen LogP contribution in [0.2, 0.25) is 0 Å². The number of hydrogen-bond acceptors (Lipinski definition) is 3. The van der Waals surface area contributed by atoms with Crippen molar-refractivity contribution >= 4 is 82.5 Å². The summed E-state index contributed by atoms with van der Waals surface area (Å²) in [7, 11) is 0. The summed E-state index contributed by atoms with van der Waals surface area (Å²) in [5.41, 5.74) is 19.1. The Morgan fingerprint density at radius 2 is 0.824 bits per heavy atom. The molecule has 0 atom stereocenters. The Morgan fingerprint density at radius 3 is 1.46 bits per heavy atom. The second-order valence-corrected chi connectivity index (χ2v) is 18.8. The molecule has 0 fully saturated rings. The molecular weight excluding hydrogens is 827 g/mol. The van der Waals surface area contributed by atoms with E-state index < -0.39 is 0 Å². The van der Waals surface area contributed by atoms with E-state index >= 15 is 0 Å². The smallest absolute Gasteiger partial charge is 0.143 e. The van der Waals surface area contributed by atoms with Gasteiger partial charge in [0, 0.05) is 54.8 Å². The summed E-state index contributed by atoms with van der Waals surface area (Å²) in [5, 5.41) is 9.10. The zero-order chi connectivity index (χ0) is 45.1. The van der Waals surface area contributed by atoms with Crippen molar-refractivity contribution in [2.75, 3.05) is 4.90 Å². The Balaban J connectivity index is 0.910. The third-order valence-corrected chi connectivity index (χ3v) is 14.6. The average molecular weight is 870 g/mol.